The molecular formula is C76H52N8O8. The highest BCUT2D eigenvalue weighted by atomic mass is 16.5. The number of ether oxygens (including phenoxy) is 4. The maximum atomic E-state index is 14.5. The third kappa shape index (κ3) is 5.63. The lowest BCUT2D eigenvalue weighted by atomic mass is 9.56. The molecule has 4 heterocycles. The number of fused-ring (bicyclic) bond motifs is 8. The van der Waals surface area contributed by atoms with Gasteiger partial charge in [-0.05, 0) is 165 Å². The van der Waals surface area contributed by atoms with Gasteiger partial charge in [0.25, 0.3) is 0 Å². The van der Waals surface area contributed by atoms with Gasteiger partial charge >= 0.3 is 23.9 Å². The van der Waals surface area contributed by atoms with E-state index in [0.717, 1.165) is 186 Å². The number of hydrogen-bond donors (Lipinski definition) is 0. The van der Waals surface area contributed by atoms with Crippen molar-refractivity contribution in [3.05, 3.63) is 230 Å². The normalized spacial score (nSPS) is 27.1. The molecule has 18 aliphatic rings. The summed E-state index contributed by atoms with van der Waals surface area (Å²) in [4.78, 5) is 103. The van der Waals surface area contributed by atoms with E-state index in [0.29, 0.717) is 22.3 Å². The van der Waals surface area contributed by atoms with Crippen LogP contribution in [0.1, 0.15) is 257 Å². The Morgan fingerprint density at radius 1 is 0.239 bits per heavy atom. The number of nitrogens with zero attached hydrogens (tertiary/aromatic N) is 8. The van der Waals surface area contributed by atoms with Gasteiger partial charge in [-0.25, -0.2) is 59.0 Å². The summed E-state index contributed by atoms with van der Waals surface area (Å²) in [6, 6.07) is 26.9. The van der Waals surface area contributed by atoms with E-state index in [1.54, 1.807) is 0 Å². The fourth-order valence-corrected chi connectivity index (χ4v) is 21.2. The molecule has 8 unspecified atom stereocenters. The van der Waals surface area contributed by atoms with E-state index < -0.39 is 47.5 Å². The minimum Gasteiger partial charge on any atom is -0.466 e. The Balaban J connectivity index is 0.774. The van der Waals surface area contributed by atoms with Gasteiger partial charge in [0.15, 0.2) is 0 Å². The zero-order valence-corrected chi connectivity index (χ0v) is 50.4. The summed E-state index contributed by atoms with van der Waals surface area (Å²) < 4.78 is 22.6. The highest BCUT2D eigenvalue weighted by Gasteiger charge is 2.55. The number of carbonyl (C=O) groups is 4. The van der Waals surface area contributed by atoms with Crippen molar-refractivity contribution in [3.63, 3.8) is 0 Å². The maximum Gasteiger partial charge on any atom is 0.335 e. The monoisotopic (exact) mass is 1200 g/mol. The van der Waals surface area contributed by atoms with Crippen LogP contribution in [0.2, 0.25) is 0 Å². The number of hydrogen-bond acceptors (Lipinski definition) is 16. The second-order valence-corrected chi connectivity index (χ2v) is 28.2. The average molecular weight is 1210 g/mol. The molecule has 6 aromatic carbocycles. The van der Waals surface area contributed by atoms with E-state index in [-0.39, 0.29) is 47.3 Å². The summed E-state index contributed by atoms with van der Waals surface area (Å²) in [5.74, 6) is -4.93. The van der Waals surface area contributed by atoms with Crippen LogP contribution in [0.25, 0.3) is 44.1 Å². The van der Waals surface area contributed by atoms with Gasteiger partial charge in [0.2, 0.25) is 0 Å². The molecule has 0 N–H and O–H groups in total. The topological polar surface area (TPSA) is 208 Å². The van der Waals surface area contributed by atoms with Crippen molar-refractivity contribution in [2.45, 2.75) is 122 Å². The smallest absolute Gasteiger partial charge is 0.335 e. The first kappa shape index (κ1) is 49.8. The Morgan fingerprint density at radius 2 is 0.380 bits per heavy atom. The second-order valence-electron chi connectivity index (χ2n) is 28.2. The Bertz CT molecular complexity index is 4620. The third-order valence-electron chi connectivity index (χ3n) is 24.7. The largest absolute Gasteiger partial charge is 0.466 e. The van der Waals surface area contributed by atoms with Crippen molar-refractivity contribution < 1.29 is 38.1 Å². The van der Waals surface area contributed by atoms with Crippen molar-refractivity contribution in [1.29, 1.82) is 0 Å². The molecule has 0 spiro atoms. The fourth-order valence-electron chi connectivity index (χ4n) is 21.2. The number of benzene rings is 6. The number of rotatable bonds is 4. The predicted octanol–water partition coefficient (Wildman–Crippen LogP) is 11.7. The van der Waals surface area contributed by atoms with Crippen molar-refractivity contribution in [3.8, 4) is 0 Å². The number of esters is 4. The van der Waals surface area contributed by atoms with E-state index in [1.807, 2.05) is 0 Å². The molecule has 0 aliphatic heterocycles. The Kier molecular flexibility index (Phi) is 8.86. The van der Waals surface area contributed by atoms with Crippen LogP contribution in [0.3, 0.4) is 0 Å². The van der Waals surface area contributed by atoms with Gasteiger partial charge in [-0.2, -0.15) is 0 Å². The van der Waals surface area contributed by atoms with Gasteiger partial charge < -0.3 is 18.9 Å². The molecule has 10 aromatic rings. The van der Waals surface area contributed by atoms with Crippen molar-refractivity contribution >= 4 is 68.0 Å². The van der Waals surface area contributed by atoms with E-state index >= 15 is 0 Å². The van der Waals surface area contributed by atoms with Gasteiger partial charge in [-0.3, -0.25) is 0 Å². The lowest BCUT2D eigenvalue weighted by molar-refractivity contribution is -0.140. The summed E-state index contributed by atoms with van der Waals surface area (Å²) in [5.41, 5.74) is 32.8. The predicted molar refractivity (Wildman–Crippen MR) is 332 cm³/mol. The molecule has 12 bridgehead atoms. The summed E-state index contributed by atoms with van der Waals surface area (Å²) in [7, 11) is 5.58. The molecule has 18 aliphatic carbocycles. The first-order chi connectivity index (χ1) is 45.0. The molecule has 0 saturated carbocycles. The summed E-state index contributed by atoms with van der Waals surface area (Å²) in [5, 5.41) is 0. The van der Waals surface area contributed by atoms with Crippen LogP contribution in [0.4, 0.5) is 0 Å². The van der Waals surface area contributed by atoms with Crippen molar-refractivity contribution in [1.82, 2.24) is 39.9 Å². The van der Waals surface area contributed by atoms with E-state index in [1.165, 1.54) is 72.9 Å². The Labute approximate surface area is 524 Å². The highest BCUT2D eigenvalue weighted by Crippen LogP contribution is 2.66. The van der Waals surface area contributed by atoms with Crippen LogP contribution in [-0.2, 0) is 38.1 Å². The molecule has 28 rings (SSSR count). The lowest BCUT2D eigenvalue weighted by Crippen LogP contribution is -2.37. The average Bonchev–Trinajstić information content (AvgIpc) is 0.685. The number of carbonyl (C=O) groups excluding carboxylic acids is 4. The van der Waals surface area contributed by atoms with Gasteiger partial charge in [-0.15, -0.1) is 0 Å². The minimum atomic E-state index is -0.591. The quantitative estimate of drug-likeness (QED) is 0.0911. The first-order valence-electron chi connectivity index (χ1n) is 32.6. The van der Waals surface area contributed by atoms with Gasteiger partial charge in [0.1, 0.15) is 0 Å². The lowest BCUT2D eigenvalue weighted by Gasteiger charge is -2.47. The highest BCUT2D eigenvalue weighted by molar-refractivity contribution is 6.08. The van der Waals surface area contributed by atoms with Crippen LogP contribution in [0.5, 0.6) is 0 Å². The molecule has 16 nitrogen and oxygen atoms in total. The fraction of sp³-hybridized carbons (Fsp3) is 0.316. The molecule has 16 heteroatoms. The van der Waals surface area contributed by atoms with E-state index in [4.69, 9.17) is 58.8 Å². The molecule has 92 heavy (non-hydrogen) atoms. The molecule has 0 saturated heterocycles. The Morgan fingerprint density at radius 3 is 0.511 bits per heavy atom. The molecule has 444 valence electrons. The molecule has 4 aromatic heterocycles. The van der Waals surface area contributed by atoms with Gasteiger partial charge in [0.05, 0.1) is 140 Å². The number of methoxy groups -OCH3 is 4. The maximum absolute atomic E-state index is 14.5. The van der Waals surface area contributed by atoms with Crippen LogP contribution >= 0.6 is 0 Å². The van der Waals surface area contributed by atoms with Gasteiger partial charge in [0, 0.05) is 71.0 Å². The van der Waals surface area contributed by atoms with E-state index in [9.17, 15) is 19.2 Å². The van der Waals surface area contributed by atoms with Crippen LogP contribution in [-0.4, -0.2) is 92.2 Å². The molecule has 8 atom stereocenters. The molecule has 0 radical (unpaired) electrons. The van der Waals surface area contributed by atoms with Crippen LogP contribution in [0.15, 0.2) is 95.1 Å². The molecule has 0 amide bonds. The first-order valence-corrected chi connectivity index (χ1v) is 32.6. The summed E-state index contributed by atoms with van der Waals surface area (Å²) >= 11 is 0. The molecular weight excluding hydrogens is 1150 g/mol. The standard InChI is InChI=1S/C76H52N8O8/c1-89-73(85)61-57-41-13-33-25-5-7-27-35(33)15-43(41)58(62(61)74(86)90-2)44-16-36-28-8-6-26(34(36)14-42(44)57)66-68(28)80-52-24-56-54(22-50(52)78-66)82-70-30-10-12-32(72(70)84-56)40-20-48-46(18-38(30)40)59-45-17-37-29-9-11-31(39(37)19-47(45)60(48)64(76(88)92-4)63(59)75(87)91-3)71-69(29)81-53-21-49-51(23-55(53)83-71)79-67(27)65(25)77-49/h13-32,57-60H,5-12H2,1-4H3. The number of aromatic nitrogens is 8. The summed E-state index contributed by atoms with van der Waals surface area (Å²) in [6.07, 6.45) is 7.13. The molecule has 0 fully saturated rings. The van der Waals surface area contributed by atoms with E-state index in [2.05, 4.69) is 72.8 Å². The zero-order chi connectivity index (χ0) is 60.6. The van der Waals surface area contributed by atoms with Crippen molar-refractivity contribution in [2.75, 3.05) is 28.4 Å². The van der Waals surface area contributed by atoms with Crippen LogP contribution < -0.4 is 0 Å². The third-order valence-corrected chi connectivity index (χ3v) is 24.7. The second kappa shape index (κ2) is 16.4. The Hall–Kier alpha value is -9.96. The van der Waals surface area contributed by atoms with Crippen molar-refractivity contribution in [2.24, 2.45) is 0 Å². The van der Waals surface area contributed by atoms with Gasteiger partial charge in [-0.1, -0.05) is 48.5 Å². The minimum absolute atomic E-state index is 0.0526. The summed E-state index contributed by atoms with van der Waals surface area (Å²) in [6.45, 7) is 0. The zero-order valence-electron chi connectivity index (χ0n) is 50.4. The SMILES string of the molecule is COC(=O)C1=C(C(=O)OC)C2c3cc4c5cc3C1c1cc3c(cc12)C1CCC3c2nc3cc6nc7c(nc6cc3nc21)C1CCC7c2cc3c(cc21)C1C(C(=O)OC)=C(C(=O)OC)C3c2cc3c(cc21)C1CCC3c2nc3cc6nc7c(nc6cc3nc21)C4CCC57. The van der Waals surface area contributed by atoms with Crippen LogP contribution in [0, 0.1) is 0 Å².